The van der Waals surface area contributed by atoms with Crippen molar-refractivity contribution in [1.82, 2.24) is 0 Å². The highest BCUT2D eigenvalue weighted by Crippen LogP contribution is 2.41. The minimum Gasteiger partial charge on any atom is -0.497 e. The Bertz CT molecular complexity index is 1470. The summed E-state index contributed by atoms with van der Waals surface area (Å²) in [7, 11) is 1.63. The van der Waals surface area contributed by atoms with Crippen LogP contribution in [0.4, 0.5) is 5.69 Å². The molecule has 0 saturated heterocycles. The number of amides is 2. The SMILES string of the molecule is CCOc1c(/C(C)=C/C(=O)Nc2ccccc2C(N)=O)cc2c(-c3ccc(OC)cc3)coc2c1C. The number of primary amides is 1. The molecule has 2 amide bonds. The molecule has 3 N–H and O–H groups in total. The number of hydrogen-bond donors (Lipinski definition) is 2. The predicted octanol–water partition coefficient (Wildman–Crippen LogP) is 5.96. The highest BCUT2D eigenvalue weighted by Gasteiger charge is 2.19. The second kappa shape index (κ2) is 10.4. The molecule has 0 unspecified atom stereocenters. The van der Waals surface area contributed by atoms with E-state index < -0.39 is 5.91 Å². The number of rotatable bonds is 8. The molecule has 0 fully saturated rings. The van der Waals surface area contributed by atoms with Crippen molar-refractivity contribution in [3.63, 3.8) is 0 Å². The van der Waals surface area contributed by atoms with Gasteiger partial charge in [0.05, 0.1) is 31.2 Å². The van der Waals surface area contributed by atoms with E-state index in [0.717, 1.165) is 39.0 Å². The summed E-state index contributed by atoms with van der Waals surface area (Å²) in [5.74, 6) is 0.422. The third kappa shape index (κ3) is 4.81. The maximum atomic E-state index is 12.9. The quantitative estimate of drug-likeness (QED) is 0.301. The number of para-hydroxylation sites is 1. The van der Waals surface area contributed by atoms with Crippen molar-refractivity contribution < 1.29 is 23.5 Å². The number of hydrogen-bond acceptors (Lipinski definition) is 5. The van der Waals surface area contributed by atoms with E-state index in [9.17, 15) is 9.59 Å². The maximum absolute atomic E-state index is 12.9. The normalized spacial score (nSPS) is 11.4. The molecule has 7 nitrogen and oxygen atoms in total. The van der Waals surface area contributed by atoms with Gasteiger partial charge in [-0.3, -0.25) is 9.59 Å². The van der Waals surface area contributed by atoms with Crippen molar-refractivity contribution in [3.8, 4) is 22.6 Å². The van der Waals surface area contributed by atoms with Gasteiger partial charge in [-0.2, -0.15) is 0 Å². The molecule has 36 heavy (non-hydrogen) atoms. The van der Waals surface area contributed by atoms with Gasteiger partial charge in [-0.15, -0.1) is 0 Å². The number of carbonyl (C=O) groups is 2. The molecule has 4 rings (SSSR count). The third-order valence-corrected chi connectivity index (χ3v) is 5.96. The van der Waals surface area contributed by atoms with Crippen LogP contribution >= 0.6 is 0 Å². The molecule has 1 heterocycles. The van der Waals surface area contributed by atoms with Gasteiger partial charge >= 0.3 is 0 Å². The number of ether oxygens (including phenoxy) is 2. The second-order valence-corrected chi connectivity index (χ2v) is 8.29. The number of methoxy groups -OCH3 is 1. The van der Waals surface area contributed by atoms with Crippen LogP contribution in [-0.2, 0) is 4.79 Å². The Morgan fingerprint density at radius 2 is 1.81 bits per heavy atom. The molecular formula is C29H28N2O5. The first-order valence-electron chi connectivity index (χ1n) is 11.5. The van der Waals surface area contributed by atoms with Crippen LogP contribution in [-0.4, -0.2) is 25.5 Å². The van der Waals surface area contributed by atoms with Crippen LogP contribution in [0.2, 0.25) is 0 Å². The van der Waals surface area contributed by atoms with Gasteiger partial charge < -0.3 is 24.9 Å². The lowest BCUT2D eigenvalue weighted by Crippen LogP contribution is -2.17. The van der Waals surface area contributed by atoms with Gasteiger partial charge in [-0.1, -0.05) is 24.3 Å². The number of anilines is 1. The fraction of sp³-hybridized carbons (Fsp3) is 0.172. The van der Waals surface area contributed by atoms with E-state index >= 15 is 0 Å². The Morgan fingerprint density at radius 1 is 1.08 bits per heavy atom. The molecule has 0 saturated carbocycles. The molecule has 4 aromatic rings. The van der Waals surface area contributed by atoms with Crippen molar-refractivity contribution in [3.05, 3.63) is 83.6 Å². The molecule has 0 radical (unpaired) electrons. The molecule has 0 bridgehead atoms. The Hall–Kier alpha value is -4.52. The van der Waals surface area contributed by atoms with E-state index in [4.69, 9.17) is 19.6 Å². The van der Waals surface area contributed by atoms with E-state index in [0.29, 0.717) is 23.6 Å². The van der Waals surface area contributed by atoms with Gasteiger partial charge in [0.25, 0.3) is 5.91 Å². The summed E-state index contributed by atoms with van der Waals surface area (Å²) in [5, 5.41) is 3.66. The highest BCUT2D eigenvalue weighted by atomic mass is 16.5. The first-order valence-corrected chi connectivity index (χ1v) is 11.5. The average Bonchev–Trinajstić information content (AvgIpc) is 3.30. The predicted molar refractivity (Wildman–Crippen MR) is 141 cm³/mol. The van der Waals surface area contributed by atoms with E-state index in [1.165, 1.54) is 6.08 Å². The summed E-state index contributed by atoms with van der Waals surface area (Å²) >= 11 is 0. The monoisotopic (exact) mass is 484 g/mol. The zero-order valence-corrected chi connectivity index (χ0v) is 20.7. The number of furan rings is 1. The molecule has 1 aromatic heterocycles. The number of carbonyl (C=O) groups excluding carboxylic acids is 2. The molecule has 184 valence electrons. The van der Waals surface area contributed by atoms with Crippen LogP contribution in [0.1, 0.15) is 35.3 Å². The van der Waals surface area contributed by atoms with Gasteiger partial charge in [0.2, 0.25) is 5.91 Å². The fourth-order valence-corrected chi connectivity index (χ4v) is 4.18. The molecule has 7 heteroatoms. The first kappa shape index (κ1) is 24.6. The smallest absolute Gasteiger partial charge is 0.250 e. The van der Waals surface area contributed by atoms with Crippen LogP contribution in [0.3, 0.4) is 0 Å². The minimum absolute atomic E-state index is 0.242. The Kier molecular flexibility index (Phi) is 7.10. The molecular weight excluding hydrogens is 456 g/mol. The number of nitrogens with one attached hydrogen (secondary N) is 1. The summed E-state index contributed by atoms with van der Waals surface area (Å²) in [4.78, 5) is 24.6. The van der Waals surface area contributed by atoms with Crippen LogP contribution < -0.4 is 20.5 Å². The lowest BCUT2D eigenvalue weighted by atomic mass is 9.96. The van der Waals surface area contributed by atoms with Crippen LogP contribution in [0.15, 0.2) is 71.4 Å². The van der Waals surface area contributed by atoms with Gasteiger partial charge in [-0.25, -0.2) is 0 Å². The maximum Gasteiger partial charge on any atom is 0.250 e. The average molecular weight is 485 g/mol. The fourth-order valence-electron chi connectivity index (χ4n) is 4.18. The molecule has 3 aromatic carbocycles. The summed E-state index contributed by atoms with van der Waals surface area (Å²) in [6.45, 7) is 6.14. The standard InChI is InChI=1S/C29H28N2O5/c1-5-35-27-18(3)28-23(24(16-36-28)19-10-12-20(34-4)13-11-19)15-22(27)17(2)14-26(32)31-25-9-7-6-8-21(25)29(30)33/h6-16H,5H2,1-4H3,(H2,30,33)(H,31,32)/b17-14+. The van der Waals surface area contributed by atoms with E-state index in [2.05, 4.69) is 5.32 Å². The van der Waals surface area contributed by atoms with Crippen LogP contribution in [0, 0.1) is 6.92 Å². The Balaban J connectivity index is 1.77. The third-order valence-electron chi connectivity index (χ3n) is 5.96. The summed E-state index contributed by atoms with van der Waals surface area (Å²) in [6, 6.07) is 16.3. The van der Waals surface area contributed by atoms with E-state index in [1.54, 1.807) is 37.6 Å². The lowest BCUT2D eigenvalue weighted by Gasteiger charge is -2.15. The van der Waals surface area contributed by atoms with Crippen molar-refractivity contribution in [2.75, 3.05) is 19.0 Å². The van der Waals surface area contributed by atoms with Crippen molar-refractivity contribution in [2.45, 2.75) is 20.8 Å². The molecule has 0 aliphatic rings. The number of aryl methyl sites for hydroxylation is 1. The first-order chi connectivity index (χ1) is 17.3. The van der Waals surface area contributed by atoms with Crippen molar-refractivity contribution >= 4 is 34.0 Å². The second-order valence-electron chi connectivity index (χ2n) is 8.29. The van der Waals surface area contributed by atoms with Gasteiger partial charge in [0, 0.05) is 28.2 Å². The number of allylic oxidation sites excluding steroid dienone is 1. The highest BCUT2D eigenvalue weighted by molar-refractivity contribution is 6.09. The Morgan fingerprint density at radius 3 is 2.47 bits per heavy atom. The van der Waals surface area contributed by atoms with Crippen LogP contribution in [0.5, 0.6) is 11.5 Å². The molecule has 0 spiro atoms. The largest absolute Gasteiger partial charge is 0.497 e. The zero-order chi connectivity index (χ0) is 25.8. The summed E-state index contributed by atoms with van der Waals surface area (Å²) in [6.07, 6.45) is 3.21. The van der Waals surface area contributed by atoms with Gasteiger partial charge in [-0.05, 0) is 62.2 Å². The van der Waals surface area contributed by atoms with E-state index in [-0.39, 0.29) is 11.5 Å². The van der Waals surface area contributed by atoms with Crippen molar-refractivity contribution in [2.24, 2.45) is 5.73 Å². The minimum atomic E-state index is -0.614. The summed E-state index contributed by atoms with van der Waals surface area (Å²) < 4.78 is 17.2. The zero-order valence-electron chi connectivity index (χ0n) is 20.7. The summed E-state index contributed by atoms with van der Waals surface area (Å²) in [5.41, 5.74) is 11.0. The molecule has 0 atom stereocenters. The molecule has 0 aliphatic heterocycles. The van der Waals surface area contributed by atoms with Gasteiger partial charge in [0.15, 0.2) is 0 Å². The topological polar surface area (TPSA) is 104 Å². The van der Waals surface area contributed by atoms with Gasteiger partial charge in [0.1, 0.15) is 17.1 Å². The number of fused-ring (bicyclic) bond motifs is 1. The Labute approximate surface area is 209 Å². The van der Waals surface area contributed by atoms with E-state index in [1.807, 2.05) is 51.1 Å². The van der Waals surface area contributed by atoms with Crippen LogP contribution in [0.25, 0.3) is 27.7 Å². The lowest BCUT2D eigenvalue weighted by molar-refractivity contribution is -0.111. The number of nitrogens with two attached hydrogens (primary N) is 1. The number of benzene rings is 3. The van der Waals surface area contributed by atoms with Crippen molar-refractivity contribution in [1.29, 1.82) is 0 Å². The molecule has 0 aliphatic carbocycles.